The summed E-state index contributed by atoms with van der Waals surface area (Å²) in [7, 11) is 0. The van der Waals surface area contributed by atoms with E-state index >= 15 is 0 Å². The molecule has 0 radical (unpaired) electrons. The molecule has 3 rings (SSSR count). The fourth-order valence-electron chi connectivity index (χ4n) is 2.48. The third-order valence-electron chi connectivity index (χ3n) is 3.80. The zero-order valence-corrected chi connectivity index (χ0v) is 16.5. The lowest BCUT2D eigenvalue weighted by Gasteiger charge is -2.08. The Labute approximate surface area is 168 Å². The van der Waals surface area contributed by atoms with Gasteiger partial charge in [-0.05, 0) is 36.8 Å². The summed E-state index contributed by atoms with van der Waals surface area (Å²) in [6.45, 7) is 3.43. The molecule has 0 saturated carbocycles. The fraction of sp³-hybridized carbons (Fsp3) is 0.238. The van der Waals surface area contributed by atoms with E-state index in [1.807, 2.05) is 61.5 Å². The molecule has 6 nitrogen and oxygen atoms in total. The fourth-order valence-corrected chi connectivity index (χ4v) is 3.16. The summed E-state index contributed by atoms with van der Waals surface area (Å²) in [5.41, 5.74) is 2.00. The average molecular weight is 398 g/mol. The Morgan fingerprint density at radius 3 is 2.50 bits per heavy atom. The second-order valence-corrected chi connectivity index (χ2v) is 6.82. The maximum Gasteiger partial charge on any atom is 0.230 e. The molecule has 0 saturated heterocycles. The molecule has 0 bridgehead atoms. The molecular formula is C21H23N3O3S. The van der Waals surface area contributed by atoms with Gasteiger partial charge in [-0.25, -0.2) is 4.98 Å². The van der Waals surface area contributed by atoms with Gasteiger partial charge in [0.2, 0.25) is 5.91 Å². The Morgan fingerprint density at radius 2 is 1.79 bits per heavy atom. The third kappa shape index (κ3) is 6.06. The lowest BCUT2D eigenvalue weighted by molar-refractivity contribution is -0.118. The molecule has 0 aliphatic rings. The number of H-pyrrole nitrogens is 1. The molecule has 3 aromatic rings. The van der Waals surface area contributed by atoms with Crippen LogP contribution in [0.1, 0.15) is 6.92 Å². The van der Waals surface area contributed by atoms with Crippen molar-refractivity contribution < 1.29 is 14.3 Å². The number of carbonyl (C=O) groups is 1. The Balaban J connectivity index is 1.34. The molecule has 2 aromatic carbocycles. The lowest BCUT2D eigenvalue weighted by Crippen LogP contribution is -2.29. The van der Waals surface area contributed by atoms with Crippen molar-refractivity contribution in [2.24, 2.45) is 0 Å². The summed E-state index contributed by atoms with van der Waals surface area (Å²) in [6.07, 6.45) is 1.78. The predicted octanol–water partition coefficient (Wildman–Crippen LogP) is 3.76. The van der Waals surface area contributed by atoms with E-state index in [1.54, 1.807) is 6.20 Å². The zero-order valence-electron chi connectivity index (χ0n) is 15.7. The summed E-state index contributed by atoms with van der Waals surface area (Å²) in [5, 5.41) is 3.56. The van der Waals surface area contributed by atoms with Gasteiger partial charge in [0.05, 0.1) is 30.8 Å². The predicted molar refractivity (Wildman–Crippen MR) is 111 cm³/mol. The quantitative estimate of drug-likeness (QED) is 0.402. The largest absolute Gasteiger partial charge is 0.494 e. The highest BCUT2D eigenvalue weighted by Crippen LogP contribution is 2.21. The normalized spacial score (nSPS) is 10.5. The number of carbonyl (C=O) groups excluding carboxylic acids is 1. The number of aromatic amines is 1. The molecule has 0 aliphatic heterocycles. The molecule has 0 unspecified atom stereocenters. The van der Waals surface area contributed by atoms with E-state index < -0.39 is 0 Å². The van der Waals surface area contributed by atoms with Crippen molar-refractivity contribution in [3.05, 3.63) is 60.8 Å². The number of benzene rings is 2. The second-order valence-electron chi connectivity index (χ2n) is 5.86. The monoisotopic (exact) mass is 397 g/mol. The summed E-state index contributed by atoms with van der Waals surface area (Å²) in [5.74, 6) is 1.80. The molecule has 0 fully saturated rings. The maximum absolute atomic E-state index is 12.0. The van der Waals surface area contributed by atoms with Gasteiger partial charge in [0.15, 0.2) is 5.16 Å². The van der Waals surface area contributed by atoms with Crippen molar-refractivity contribution in [2.45, 2.75) is 12.1 Å². The molecular weight excluding hydrogens is 374 g/mol. The van der Waals surface area contributed by atoms with Crippen LogP contribution in [0.3, 0.4) is 0 Å². The first-order chi connectivity index (χ1) is 13.7. The van der Waals surface area contributed by atoms with E-state index in [0.717, 1.165) is 27.9 Å². The number of nitrogens with one attached hydrogen (secondary N) is 2. The average Bonchev–Trinajstić information content (AvgIpc) is 3.21. The highest BCUT2D eigenvalue weighted by molar-refractivity contribution is 7.99. The Kier molecular flexibility index (Phi) is 7.37. The van der Waals surface area contributed by atoms with Crippen molar-refractivity contribution in [3.8, 4) is 22.8 Å². The zero-order chi connectivity index (χ0) is 19.6. The molecule has 1 aromatic heterocycles. The number of ether oxygens (including phenoxy) is 2. The van der Waals surface area contributed by atoms with Crippen molar-refractivity contribution in [3.63, 3.8) is 0 Å². The number of thioether (sulfide) groups is 1. The molecule has 146 valence electrons. The van der Waals surface area contributed by atoms with Crippen LogP contribution in [0.15, 0.2) is 66.0 Å². The van der Waals surface area contributed by atoms with Crippen LogP contribution in [0, 0.1) is 0 Å². The molecule has 7 heteroatoms. The molecule has 0 atom stereocenters. The second kappa shape index (κ2) is 10.4. The van der Waals surface area contributed by atoms with E-state index in [1.165, 1.54) is 11.8 Å². The van der Waals surface area contributed by atoms with Crippen molar-refractivity contribution in [1.82, 2.24) is 15.3 Å². The van der Waals surface area contributed by atoms with Gasteiger partial charge >= 0.3 is 0 Å². The van der Waals surface area contributed by atoms with E-state index in [9.17, 15) is 4.79 Å². The molecule has 1 heterocycles. The number of nitrogens with zero attached hydrogens (tertiary/aromatic N) is 1. The highest BCUT2D eigenvalue weighted by Gasteiger charge is 2.07. The van der Waals surface area contributed by atoms with E-state index in [4.69, 9.17) is 9.47 Å². The standard InChI is InChI=1S/C21H23N3O3S/c1-2-26-17-8-10-18(11-9-17)27-13-12-22-20(25)15-28-21-23-14-19(24-21)16-6-4-3-5-7-16/h3-11,14H,2,12-13,15H2,1H3,(H,22,25)(H,23,24). The molecule has 2 N–H and O–H groups in total. The number of hydrogen-bond acceptors (Lipinski definition) is 5. The first-order valence-corrected chi connectivity index (χ1v) is 10.1. The van der Waals surface area contributed by atoms with Gasteiger partial charge in [-0.15, -0.1) is 0 Å². The minimum atomic E-state index is -0.0574. The number of aromatic nitrogens is 2. The van der Waals surface area contributed by atoms with Crippen LogP contribution in [0.25, 0.3) is 11.3 Å². The molecule has 1 amide bonds. The van der Waals surface area contributed by atoms with Gasteiger partial charge in [-0.3, -0.25) is 4.79 Å². The molecule has 28 heavy (non-hydrogen) atoms. The number of rotatable bonds is 10. The Morgan fingerprint density at radius 1 is 1.07 bits per heavy atom. The van der Waals surface area contributed by atoms with Crippen molar-refractivity contribution in [1.29, 1.82) is 0 Å². The minimum absolute atomic E-state index is 0.0574. The van der Waals surface area contributed by atoms with Crippen LogP contribution in [0.5, 0.6) is 11.5 Å². The van der Waals surface area contributed by atoms with Crippen LogP contribution in [0.4, 0.5) is 0 Å². The minimum Gasteiger partial charge on any atom is -0.494 e. The van der Waals surface area contributed by atoms with E-state index in [-0.39, 0.29) is 5.91 Å². The van der Waals surface area contributed by atoms with Crippen molar-refractivity contribution >= 4 is 17.7 Å². The van der Waals surface area contributed by atoms with E-state index in [2.05, 4.69) is 15.3 Å². The van der Waals surface area contributed by atoms with Crippen LogP contribution < -0.4 is 14.8 Å². The smallest absolute Gasteiger partial charge is 0.230 e. The van der Waals surface area contributed by atoms with Gasteiger partial charge in [0, 0.05) is 0 Å². The van der Waals surface area contributed by atoms with Crippen molar-refractivity contribution in [2.75, 3.05) is 25.5 Å². The SMILES string of the molecule is CCOc1ccc(OCCNC(=O)CSc2ncc(-c3ccccc3)[nH]2)cc1. The van der Waals surface area contributed by atoms with Crippen LogP contribution in [-0.4, -0.2) is 41.4 Å². The van der Waals surface area contributed by atoms with Crippen LogP contribution in [0.2, 0.25) is 0 Å². The van der Waals surface area contributed by atoms with Gasteiger partial charge in [0.25, 0.3) is 0 Å². The van der Waals surface area contributed by atoms with Gasteiger partial charge in [-0.1, -0.05) is 42.1 Å². The van der Waals surface area contributed by atoms with Gasteiger partial charge < -0.3 is 19.8 Å². The Bertz CT molecular complexity index is 866. The number of imidazole rings is 1. The summed E-state index contributed by atoms with van der Waals surface area (Å²) < 4.78 is 11.0. The first-order valence-electron chi connectivity index (χ1n) is 9.10. The molecule has 0 aliphatic carbocycles. The number of amides is 1. The Hall–Kier alpha value is -2.93. The third-order valence-corrected chi connectivity index (χ3v) is 4.69. The van der Waals surface area contributed by atoms with Gasteiger partial charge in [-0.2, -0.15) is 0 Å². The highest BCUT2D eigenvalue weighted by atomic mass is 32.2. The van der Waals surface area contributed by atoms with Gasteiger partial charge in [0.1, 0.15) is 18.1 Å². The van der Waals surface area contributed by atoms with Crippen LogP contribution in [-0.2, 0) is 4.79 Å². The first kappa shape index (κ1) is 19.8. The topological polar surface area (TPSA) is 76.2 Å². The maximum atomic E-state index is 12.0. The van der Waals surface area contributed by atoms with Crippen LogP contribution >= 0.6 is 11.8 Å². The summed E-state index contributed by atoms with van der Waals surface area (Å²) in [4.78, 5) is 19.5. The lowest BCUT2D eigenvalue weighted by atomic mass is 10.2. The van der Waals surface area contributed by atoms with E-state index in [0.29, 0.717) is 25.5 Å². The number of hydrogen-bond donors (Lipinski definition) is 2. The summed E-state index contributed by atoms with van der Waals surface area (Å²) >= 11 is 1.37. The molecule has 0 spiro atoms. The summed E-state index contributed by atoms with van der Waals surface area (Å²) in [6, 6.07) is 17.4.